The van der Waals surface area contributed by atoms with Gasteiger partial charge in [-0.1, -0.05) is 13.0 Å². The van der Waals surface area contributed by atoms with Gasteiger partial charge < -0.3 is 10.2 Å². The first-order valence-corrected chi connectivity index (χ1v) is 7.43. The maximum Gasteiger partial charge on any atom is 0.125 e. The van der Waals surface area contributed by atoms with Gasteiger partial charge >= 0.3 is 0 Å². The Morgan fingerprint density at radius 1 is 1.14 bits per heavy atom. The third-order valence-electron chi connectivity index (χ3n) is 3.28. The number of anilines is 2. The van der Waals surface area contributed by atoms with Gasteiger partial charge in [-0.2, -0.15) is 0 Å². The fourth-order valence-electron chi connectivity index (χ4n) is 2.28. The third-order valence-corrected chi connectivity index (χ3v) is 3.28. The zero-order valence-corrected chi connectivity index (χ0v) is 12.6. The van der Waals surface area contributed by atoms with Gasteiger partial charge in [0.15, 0.2) is 0 Å². The number of nitrogens with one attached hydrogen (secondary N) is 1. The molecule has 112 valence electrons. The molecule has 0 unspecified atom stereocenters. The number of benzene rings is 1. The van der Waals surface area contributed by atoms with E-state index < -0.39 is 0 Å². The molecule has 2 aromatic rings. The number of nitrogens with zero attached hydrogens (tertiary/aromatic N) is 2. The highest BCUT2D eigenvalue weighted by Crippen LogP contribution is 2.25. The molecule has 4 heteroatoms. The SMILES string of the molecule is CCCNCc1cc(N(CC)c2cccc(F)c2)ccn1. The summed E-state index contributed by atoms with van der Waals surface area (Å²) in [6, 6.07) is 10.7. The number of pyridine rings is 1. The second-order valence-electron chi connectivity index (χ2n) is 4.91. The first kappa shape index (κ1) is 15.4. The largest absolute Gasteiger partial charge is 0.342 e. The fraction of sp³-hybridized carbons (Fsp3) is 0.353. The smallest absolute Gasteiger partial charge is 0.125 e. The fourth-order valence-corrected chi connectivity index (χ4v) is 2.28. The third kappa shape index (κ3) is 4.26. The number of aromatic nitrogens is 1. The van der Waals surface area contributed by atoms with Crippen LogP contribution >= 0.6 is 0 Å². The van der Waals surface area contributed by atoms with Crippen molar-refractivity contribution < 1.29 is 4.39 Å². The number of hydrogen-bond donors (Lipinski definition) is 1. The predicted molar refractivity (Wildman–Crippen MR) is 85.3 cm³/mol. The summed E-state index contributed by atoms with van der Waals surface area (Å²) < 4.78 is 13.4. The van der Waals surface area contributed by atoms with Gasteiger partial charge in [0.05, 0.1) is 5.69 Å². The standard InChI is InChI=1S/C17H22FN3/c1-3-9-19-13-15-12-17(8-10-20-15)21(4-2)16-7-5-6-14(18)11-16/h5-8,10-12,19H,3-4,9,13H2,1-2H3. The van der Waals surface area contributed by atoms with E-state index >= 15 is 0 Å². The van der Waals surface area contributed by atoms with Crippen LogP contribution in [0.4, 0.5) is 15.8 Å². The van der Waals surface area contributed by atoms with E-state index in [0.29, 0.717) is 0 Å². The molecule has 1 N–H and O–H groups in total. The Morgan fingerprint density at radius 3 is 2.67 bits per heavy atom. The van der Waals surface area contributed by atoms with Gasteiger partial charge in [-0.25, -0.2) is 4.39 Å². The van der Waals surface area contributed by atoms with Gasteiger partial charge in [-0.3, -0.25) is 4.98 Å². The van der Waals surface area contributed by atoms with Crippen LogP contribution in [-0.4, -0.2) is 18.1 Å². The maximum atomic E-state index is 13.4. The summed E-state index contributed by atoms with van der Waals surface area (Å²) in [4.78, 5) is 6.45. The highest BCUT2D eigenvalue weighted by Gasteiger charge is 2.09. The second-order valence-corrected chi connectivity index (χ2v) is 4.91. The molecule has 0 fully saturated rings. The first-order valence-electron chi connectivity index (χ1n) is 7.43. The molecule has 0 saturated carbocycles. The average Bonchev–Trinajstić information content (AvgIpc) is 2.49. The highest BCUT2D eigenvalue weighted by atomic mass is 19.1. The zero-order chi connectivity index (χ0) is 15.1. The lowest BCUT2D eigenvalue weighted by Gasteiger charge is -2.23. The maximum absolute atomic E-state index is 13.4. The van der Waals surface area contributed by atoms with Crippen molar-refractivity contribution in [3.05, 3.63) is 54.1 Å². The molecule has 1 heterocycles. The van der Waals surface area contributed by atoms with Crippen molar-refractivity contribution in [1.29, 1.82) is 0 Å². The number of hydrogen-bond acceptors (Lipinski definition) is 3. The van der Waals surface area contributed by atoms with Crippen molar-refractivity contribution in [2.75, 3.05) is 18.0 Å². The van der Waals surface area contributed by atoms with Crippen LogP contribution < -0.4 is 10.2 Å². The van der Waals surface area contributed by atoms with Gasteiger partial charge in [0, 0.05) is 30.7 Å². The number of rotatable bonds is 7. The van der Waals surface area contributed by atoms with Crippen LogP contribution in [0, 0.1) is 5.82 Å². The molecule has 0 spiro atoms. The predicted octanol–water partition coefficient (Wildman–Crippen LogP) is 3.88. The van der Waals surface area contributed by atoms with E-state index in [1.807, 2.05) is 12.1 Å². The van der Waals surface area contributed by atoms with E-state index in [4.69, 9.17) is 0 Å². The molecule has 1 aromatic carbocycles. The Kier molecular flexibility index (Phi) is 5.69. The van der Waals surface area contributed by atoms with Crippen LogP contribution in [0.3, 0.4) is 0 Å². The summed E-state index contributed by atoms with van der Waals surface area (Å²) >= 11 is 0. The van der Waals surface area contributed by atoms with E-state index in [-0.39, 0.29) is 5.82 Å². The molecule has 0 amide bonds. The Balaban J connectivity index is 2.20. The lowest BCUT2D eigenvalue weighted by molar-refractivity contribution is 0.627. The highest BCUT2D eigenvalue weighted by molar-refractivity contribution is 5.63. The van der Waals surface area contributed by atoms with Crippen molar-refractivity contribution in [2.24, 2.45) is 0 Å². The summed E-state index contributed by atoms with van der Waals surface area (Å²) in [5.41, 5.74) is 2.89. The summed E-state index contributed by atoms with van der Waals surface area (Å²) in [5.74, 6) is -0.218. The Bertz CT molecular complexity index is 571. The molecule has 0 aliphatic carbocycles. The molecule has 1 aromatic heterocycles. The topological polar surface area (TPSA) is 28.2 Å². The van der Waals surface area contributed by atoms with Gasteiger partial charge in [-0.15, -0.1) is 0 Å². The lowest BCUT2D eigenvalue weighted by atomic mass is 10.2. The van der Waals surface area contributed by atoms with Gasteiger partial charge in [-0.05, 0) is 50.2 Å². The summed E-state index contributed by atoms with van der Waals surface area (Å²) in [6.45, 7) is 6.70. The molecule has 3 nitrogen and oxygen atoms in total. The normalized spacial score (nSPS) is 10.6. The Labute approximate surface area is 125 Å². The van der Waals surface area contributed by atoms with Gasteiger partial charge in [0.1, 0.15) is 5.82 Å². The van der Waals surface area contributed by atoms with Crippen molar-refractivity contribution in [1.82, 2.24) is 10.3 Å². The van der Waals surface area contributed by atoms with Crippen LogP contribution in [0.15, 0.2) is 42.6 Å². The van der Waals surface area contributed by atoms with Crippen LogP contribution in [0.1, 0.15) is 26.0 Å². The quantitative estimate of drug-likeness (QED) is 0.783. The molecular weight excluding hydrogens is 265 g/mol. The van der Waals surface area contributed by atoms with Crippen molar-refractivity contribution in [3.63, 3.8) is 0 Å². The average molecular weight is 287 g/mol. The van der Waals surface area contributed by atoms with Crippen LogP contribution in [0.2, 0.25) is 0 Å². The van der Waals surface area contributed by atoms with Gasteiger partial charge in [0.2, 0.25) is 0 Å². The molecular formula is C17H22FN3. The minimum atomic E-state index is -0.218. The second kappa shape index (κ2) is 7.74. The van der Waals surface area contributed by atoms with E-state index in [1.54, 1.807) is 18.3 Å². The lowest BCUT2D eigenvalue weighted by Crippen LogP contribution is -2.18. The molecule has 0 saturated heterocycles. The summed E-state index contributed by atoms with van der Waals surface area (Å²) in [7, 11) is 0. The summed E-state index contributed by atoms with van der Waals surface area (Å²) in [5, 5.41) is 3.34. The molecule has 0 bridgehead atoms. The molecule has 2 rings (SSSR count). The van der Waals surface area contributed by atoms with E-state index in [0.717, 1.165) is 43.1 Å². The van der Waals surface area contributed by atoms with Crippen molar-refractivity contribution in [3.8, 4) is 0 Å². The first-order chi connectivity index (χ1) is 10.2. The van der Waals surface area contributed by atoms with E-state index in [1.165, 1.54) is 6.07 Å². The van der Waals surface area contributed by atoms with Gasteiger partial charge in [0.25, 0.3) is 0 Å². The molecule has 0 aliphatic heterocycles. The summed E-state index contributed by atoms with van der Waals surface area (Å²) in [6.07, 6.45) is 2.91. The molecule has 0 aliphatic rings. The number of halogens is 1. The van der Waals surface area contributed by atoms with E-state index in [9.17, 15) is 4.39 Å². The molecule has 21 heavy (non-hydrogen) atoms. The monoisotopic (exact) mass is 287 g/mol. The van der Waals surface area contributed by atoms with E-state index in [2.05, 4.69) is 35.1 Å². The Hall–Kier alpha value is -1.94. The van der Waals surface area contributed by atoms with Crippen LogP contribution in [-0.2, 0) is 6.54 Å². The van der Waals surface area contributed by atoms with Crippen molar-refractivity contribution >= 4 is 11.4 Å². The minimum Gasteiger partial charge on any atom is -0.342 e. The Morgan fingerprint density at radius 2 is 1.95 bits per heavy atom. The minimum absolute atomic E-state index is 0.218. The molecule has 0 radical (unpaired) electrons. The van der Waals surface area contributed by atoms with Crippen molar-refractivity contribution in [2.45, 2.75) is 26.8 Å². The van der Waals surface area contributed by atoms with Crippen LogP contribution in [0.5, 0.6) is 0 Å². The molecule has 0 atom stereocenters. The zero-order valence-electron chi connectivity index (χ0n) is 12.6. The van der Waals surface area contributed by atoms with Crippen LogP contribution in [0.25, 0.3) is 0 Å².